The van der Waals surface area contributed by atoms with E-state index in [4.69, 9.17) is 5.73 Å². The molecule has 0 fully saturated rings. The van der Waals surface area contributed by atoms with E-state index in [2.05, 4.69) is 43.1 Å². The van der Waals surface area contributed by atoms with Crippen LogP contribution in [0.15, 0.2) is 24.3 Å². The number of carbonyl (C=O) groups is 1. The van der Waals surface area contributed by atoms with E-state index in [1.54, 1.807) is 0 Å². The summed E-state index contributed by atoms with van der Waals surface area (Å²) in [6.45, 7) is 4.51. The Morgan fingerprint density at radius 1 is 1.17 bits per heavy atom. The number of benzene rings is 1. The molecular formula is C18H31Cl2N3O. The van der Waals surface area contributed by atoms with Crippen LogP contribution in [0.1, 0.15) is 44.6 Å². The van der Waals surface area contributed by atoms with E-state index < -0.39 is 0 Å². The highest BCUT2D eigenvalue weighted by Gasteiger charge is 2.26. The highest BCUT2D eigenvalue weighted by Crippen LogP contribution is 2.26. The van der Waals surface area contributed by atoms with Crippen molar-refractivity contribution >= 4 is 36.4 Å². The molecular weight excluding hydrogens is 345 g/mol. The fourth-order valence-electron chi connectivity index (χ4n) is 3.20. The van der Waals surface area contributed by atoms with Crippen LogP contribution in [-0.4, -0.2) is 37.0 Å². The lowest BCUT2D eigenvalue weighted by Gasteiger charge is -2.28. The first-order chi connectivity index (χ1) is 10.6. The van der Waals surface area contributed by atoms with Gasteiger partial charge in [-0.3, -0.25) is 4.79 Å². The zero-order valence-electron chi connectivity index (χ0n) is 14.7. The van der Waals surface area contributed by atoms with Crippen LogP contribution in [0.4, 0.5) is 5.69 Å². The number of nitrogens with two attached hydrogens (primary N) is 1. The molecule has 0 saturated carbocycles. The number of rotatable bonds is 6. The second kappa shape index (κ2) is 11.6. The third-order valence-corrected chi connectivity index (χ3v) is 4.48. The van der Waals surface area contributed by atoms with Crippen molar-refractivity contribution in [1.82, 2.24) is 4.90 Å². The monoisotopic (exact) mass is 375 g/mol. The minimum absolute atomic E-state index is 0. The summed E-state index contributed by atoms with van der Waals surface area (Å²) < 4.78 is 0. The molecule has 1 heterocycles. The highest BCUT2D eigenvalue weighted by atomic mass is 35.5. The lowest BCUT2D eigenvalue weighted by atomic mass is 10.1. The van der Waals surface area contributed by atoms with Crippen molar-refractivity contribution in [2.75, 3.05) is 25.0 Å². The van der Waals surface area contributed by atoms with E-state index in [1.165, 1.54) is 11.3 Å². The summed E-state index contributed by atoms with van der Waals surface area (Å²) in [6.07, 6.45) is 4.92. The zero-order chi connectivity index (χ0) is 15.9. The van der Waals surface area contributed by atoms with Crippen molar-refractivity contribution < 1.29 is 4.79 Å². The van der Waals surface area contributed by atoms with Gasteiger partial charge in [-0.1, -0.05) is 31.0 Å². The van der Waals surface area contributed by atoms with Gasteiger partial charge in [-0.25, -0.2) is 0 Å². The molecule has 1 aromatic carbocycles. The Morgan fingerprint density at radius 3 is 2.54 bits per heavy atom. The number of amides is 1. The van der Waals surface area contributed by atoms with E-state index >= 15 is 0 Å². The lowest BCUT2D eigenvalue weighted by Crippen LogP contribution is -2.41. The Morgan fingerprint density at radius 2 is 1.83 bits per heavy atom. The molecule has 1 aliphatic rings. The van der Waals surface area contributed by atoms with Gasteiger partial charge in [0, 0.05) is 38.3 Å². The number of halogens is 2. The summed E-state index contributed by atoms with van der Waals surface area (Å²) in [5, 5.41) is 0. The van der Waals surface area contributed by atoms with Crippen molar-refractivity contribution in [2.24, 2.45) is 5.73 Å². The molecule has 1 unspecified atom stereocenters. The van der Waals surface area contributed by atoms with E-state index in [9.17, 15) is 4.79 Å². The number of hydrogen-bond acceptors (Lipinski definition) is 3. The molecule has 1 aliphatic heterocycles. The Hall–Kier alpha value is -0.970. The largest absolute Gasteiger partial charge is 0.372 e. The Balaban J connectivity index is 0.00000264. The second-order valence-corrected chi connectivity index (χ2v) is 6.33. The van der Waals surface area contributed by atoms with Crippen LogP contribution in [0.25, 0.3) is 0 Å². The van der Waals surface area contributed by atoms with Gasteiger partial charge >= 0.3 is 0 Å². The summed E-state index contributed by atoms with van der Waals surface area (Å²) in [6, 6.07) is 8.63. The van der Waals surface area contributed by atoms with E-state index in [-0.39, 0.29) is 36.8 Å². The summed E-state index contributed by atoms with van der Waals surface area (Å²) in [7, 11) is 2.11. The first-order valence-electron chi connectivity index (χ1n) is 8.42. The highest BCUT2D eigenvalue weighted by molar-refractivity contribution is 5.85. The first-order valence-corrected chi connectivity index (χ1v) is 8.42. The molecule has 1 aromatic rings. The molecule has 0 aliphatic carbocycles. The molecule has 0 spiro atoms. The van der Waals surface area contributed by atoms with E-state index in [0.717, 1.165) is 45.3 Å². The second-order valence-electron chi connectivity index (χ2n) is 6.33. The van der Waals surface area contributed by atoms with Crippen molar-refractivity contribution in [2.45, 2.75) is 51.6 Å². The molecule has 138 valence electrons. The van der Waals surface area contributed by atoms with Gasteiger partial charge in [0.15, 0.2) is 0 Å². The van der Waals surface area contributed by atoms with Gasteiger partial charge < -0.3 is 15.5 Å². The van der Waals surface area contributed by atoms with E-state index in [0.29, 0.717) is 6.42 Å². The van der Waals surface area contributed by atoms with Crippen LogP contribution in [0.3, 0.4) is 0 Å². The predicted octanol–water partition coefficient (Wildman–Crippen LogP) is 3.61. The maximum Gasteiger partial charge on any atom is 0.223 e. The van der Waals surface area contributed by atoms with Gasteiger partial charge in [0.1, 0.15) is 0 Å². The average molecular weight is 376 g/mol. The van der Waals surface area contributed by atoms with Crippen molar-refractivity contribution in [3.63, 3.8) is 0 Å². The SMILES string of the molecule is CC1CN(C)c2ccccc2CN1C(=O)CCCCCCN.Cl.Cl. The lowest BCUT2D eigenvalue weighted by molar-refractivity contribution is -0.133. The van der Waals surface area contributed by atoms with Crippen LogP contribution in [0.2, 0.25) is 0 Å². The van der Waals surface area contributed by atoms with Crippen LogP contribution >= 0.6 is 24.8 Å². The predicted molar refractivity (Wildman–Crippen MR) is 106 cm³/mol. The molecule has 1 atom stereocenters. The molecule has 1 amide bonds. The molecule has 2 rings (SSSR count). The fourth-order valence-corrected chi connectivity index (χ4v) is 3.20. The first kappa shape index (κ1) is 23.0. The van der Waals surface area contributed by atoms with Gasteiger partial charge in [0.2, 0.25) is 5.91 Å². The van der Waals surface area contributed by atoms with Gasteiger partial charge in [-0.15, -0.1) is 24.8 Å². The number of anilines is 1. The summed E-state index contributed by atoms with van der Waals surface area (Å²) in [5.41, 5.74) is 7.99. The standard InChI is InChI=1S/C18H29N3O.2ClH/c1-15-13-20(2)17-10-7-6-9-16(17)14-21(15)18(22)11-5-3-4-8-12-19;;/h6-7,9-10,15H,3-5,8,11-14,19H2,1-2H3;2*1H. The number of nitrogens with zero attached hydrogens (tertiary/aromatic N) is 2. The molecule has 0 saturated heterocycles. The molecule has 2 N–H and O–H groups in total. The number of para-hydroxylation sites is 1. The van der Waals surface area contributed by atoms with Gasteiger partial charge in [-0.2, -0.15) is 0 Å². The van der Waals surface area contributed by atoms with Gasteiger partial charge in [0.05, 0.1) is 0 Å². The van der Waals surface area contributed by atoms with Crippen molar-refractivity contribution in [3.05, 3.63) is 29.8 Å². The average Bonchev–Trinajstić information content (AvgIpc) is 2.64. The minimum Gasteiger partial charge on any atom is -0.372 e. The molecule has 0 aromatic heterocycles. The number of likely N-dealkylation sites (N-methyl/N-ethyl adjacent to an activating group) is 1. The van der Waals surface area contributed by atoms with Gasteiger partial charge in [0.25, 0.3) is 0 Å². The fraction of sp³-hybridized carbons (Fsp3) is 0.611. The van der Waals surface area contributed by atoms with Crippen LogP contribution in [0, 0.1) is 0 Å². The zero-order valence-corrected chi connectivity index (χ0v) is 16.4. The topological polar surface area (TPSA) is 49.6 Å². The number of carbonyl (C=O) groups excluding carboxylic acids is 1. The van der Waals surface area contributed by atoms with Crippen LogP contribution in [0.5, 0.6) is 0 Å². The van der Waals surface area contributed by atoms with Crippen molar-refractivity contribution in [3.8, 4) is 0 Å². The van der Waals surface area contributed by atoms with E-state index in [1.807, 2.05) is 4.90 Å². The number of unbranched alkanes of at least 4 members (excludes halogenated alkanes) is 3. The summed E-state index contributed by atoms with van der Waals surface area (Å²) in [5.74, 6) is 0.283. The number of hydrogen-bond donors (Lipinski definition) is 1. The molecule has 0 bridgehead atoms. The quantitative estimate of drug-likeness (QED) is 0.772. The molecule has 0 radical (unpaired) electrons. The maximum absolute atomic E-state index is 12.6. The molecule has 24 heavy (non-hydrogen) atoms. The summed E-state index contributed by atoms with van der Waals surface area (Å²) in [4.78, 5) is 16.9. The third-order valence-electron chi connectivity index (χ3n) is 4.48. The Labute approximate surface area is 158 Å². The third kappa shape index (κ3) is 6.15. The van der Waals surface area contributed by atoms with Crippen LogP contribution in [-0.2, 0) is 11.3 Å². The normalized spacial score (nSPS) is 16.5. The smallest absolute Gasteiger partial charge is 0.223 e. The molecule has 4 nitrogen and oxygen atoms in total. The van der Waals surface area contributed by atoms with Crippen LogP contribution < -0.4 is 10.6 Å². The maximum atomic E-state index is 12.6. The van der Waals surface area contributed by atoms with Gasteiger partial charge in [-0.05, 0) is 37.9 Å². The Bertz CT molecular complexity index is 499. The van der Waals surface area contributed by atoms with Crippen molar-refractivity contribution in [1.29, 1.82) is 0 Å². The number of fused-ring (bicyclic) bond motifs is 1. The summed E-state index contributed by atoms with van der Waals surface area (Å²) >= 11 is 0. The minimum atomic E-state index is 0. The molecule has 6 heteroatoms. The Kier molecular flexibility index (Phi) is 11.1.